The minimum atomic E-state index is -3.75. The highest BCUT2D eigenvalue weighted by molar-refractivity contribution is 7.89. The number of hydrogen-bond acceptors (Lipinski definition) is 5. The number of nitrogens with one attached hydrogen (secondary N) is 1. The van der Waals surface area contributed by atoms with Crippen molar-refractivity contribution < 1.29 is 17.6 Å². The van der Waals surface area contributed by atoms with E-state index >= 15 is 0 Å². The van der Waals surface area contributed by atoms with Gasteiger partial charge in [-0.2, -0.15) is 4.72 Å². The van der Waals surface area contributed by atoms with Gasteiger partial charge in [0, 0.05) is 13.1 Å². The molecule has 1 fully saturated rings. The van der Waals surface area contributed by atoms with E-state index < -0.39 is 16.1 Å². The van der Waals surface area contributed by atoms with Gasteiger partial charge < -0.3 is 9.32 Å². The molecular weight excluding hydrogens is 390 g/mol. The SMILES string of the molecule is C[C@H](NS(=O)(=O)c1ccccc1)C(=O)N1CCCC(c2nc3ccccc3o2)C1. The smallest absolute Gasteiger partial charge is 0.241 e. The quantitative estimate of drug-likeness (QED) is 0.694. The van der Waals surface area contributed by atoms with Gasteiger partial charge in [0.1, 0.15) is 5.52 Å². The van der Waals surface area contributed by atoms with E-state index in [-0.39, 0.29) is 16.7 Å². The fourth-order valence-corrected chi connectivity index (χ4v) is 4.89. The number of nitrogens with zero attached hydrogens (tertiary/aromatic N) is 2. The summed E-state index contributed by atoms with van der Waals surface area (Å²) in [4.78, 5) is 19.3. The largest absolute Gasteiger partial charge is 0.440 e. The first-order valence-corrected chi connectivity index (χ1v) is 11.1. The van der Waals surface area contributed by atoms with Gasteiger partial charge >= 0.3 is 0 Å². The monoisotopic (exact) mass is 413 g/mol. The summed E-state index contributed by atoms with van der Waals surface area (Å²) in [7, 11) is -3.75. The highest BCUT2D eigenvalue weighted by Gasteiger charge is 2.31. The molecule has 152 valence electrons. The molecule has 1 aliphatic heterocycles. The Kier molecular flexibility index (Phi) is 5.38. The van der Waals surface area contributed by atoms with Gasteiger partial charge in [-0.3, -0.25) is 4.79 Å². The van der Waals surface area contributed by atoms with E-state index in [4.69, 9.17) is 4.42 Å². The molecule has 29 heavy (non-hydrogen) atoms. The van der Waals surface area contributed by atoms with Crippen LogP contribution in [0.1, 0.15) is 31.6 Å². The summed E-state index contributed by atoms with van der Waals surface area (Å²) >= 11 is 0. The van der Waals surface area contributed by atoms with Gasteiger partial charge in [0.05, 0.1) is 16.9 Å². The van der Waals surface area contributed by atoms with Gasteiger partial charge in [-0.1, -0.05) is 30.3 Å². The second kappa shape index (κ2) is 7.96. The Bertz CT molecular complexity index is 1080. The van der Waals surface area contributed by atoms with Crippen molar-refractivity contribution in [3.8, 4) is 0 Å². The van der Waals surface area contributed by atoms with Gasteiger partial charge in [-0.15, -0.1) is 0 Å². The van der Waals surface area contributed by atoms with Crippen molar-refractivity contribution >= 4 is 27.0 Å². The lowest BCUT2D eigenvalue weighted by atomic mass is 9.97. The number of oxazole rings is 1. The van der Waals surface area contributed by atoms with Crippen molar-refractivity contribution in [3.05, 3.63) is 60.5 Å². The molecule has 2 aromatic carbocycles. The van der Waals surface area contributed by atoms with Crippen LogP contribution < -0.4 is 4.72 Å². The van der Waals surface area contributed by atoms with Crippen molar-refractivity contribution in [1.82, 2.24) is 14.6 Å². The van der Waals surface area contributed by atoms with Crippen LogP contribution in [0.15, 0.2) is 63.9 Å². The van der Waals surface area contributed by atoms with Crippen LogP contribution in [-0.4, -0.2) is 43.3 Å². The molecule has 2 atom stereocenters. The average Bonchev–Trinajstić information content (AvgIpc) is 3.18. The number of para-hydroxylation sites is 2. The average molecular weight is 413 g/mol. The third-order valence-corrected chi connectivity index (χ3v) is 6.71. The molecule has 1 N–H and O–H groups in total. The number of amides is 1. The lowest BCUT2D eigenvalue weighted by Crippen LogP contribution is -2.49. The summed E-state index contributed by atoms with van der Waals surface area (Å²) in [5.41, 5.74) is 1.53. The lowest BCUT2D eigenvalue weighted by Gasteiger charge is -2.33. The van der Waals surface area contributed by atoms with Crippen molar-refractivity contribution in [2.24, 2.45) is 0 Å². The second-order valence-corrected chi connectivity index (χ2v) is 9.01. The Morgan fingerprint density at radius 1 is 1.17 bits per heavy atom. The Labute approximate surface area is 169 Å². The molecule has 0 aliphatic carbocycles. The van der Waals surface area contributed by atoms with E-state index in [1.165, 1.54) is 12.1 Å². The first-order valence-electron chi connectivity index (χ1n) is 9.66. The molecule has 1 saturated heterocycles. The molecule has 4 rings (SSSR count). The highest BCUT2D eigenvalue weighted by atomic mass is 32.2. The number of carbonyl (C=O) groups is 1. The van der Waals surface area contributed by atoms with Crippen molar-refractivity contribution in [2.75, 3.05) is 13.1 Å². The van der Waals surface area contributed by atoms with Crippen LogP contribution in [0.3, 0.4) is 0 Å². The zero-order chi connectivity index (χ0) is 20.4. The topological polar surface area (TPSA) is 92.5 Å². The van der Waals surface area contributed by atoms with E-state index in [0.29, 0.717) is 19.0 Å². The van der Waals surface area contributed by atoms with Gasteiger partial charge in [0.2, 0.25) is 15.9 Å². The summed E-state index contributed by atoms with van der Waals surface area (Å²) in [5.74, 6) is 0.379. The first-order chi connectivity index (χ1) is 13.9. The minimum Gasteiger partial charge on any atom is -0.440 e. The van der Waals surface area contributed by atoms with E-state index in [2.05, 4.69) is 9.71 Å². The molecule has 1 aromatic heterocycles. The summed E-state index contributed by atoms with van der Waals surface area (Å²) in [5, 5.41) is 0. The van der Waals surface area contributed by atoms with E-state index in [1.807, 2.05) is 24.3 Å². The maximum Gasteiger partial charge on any atom is 0.241 e. The second-order valence-electron chi connectivity index (χ2n) is 7.30. The fourth-order valence-electron chi connectivity index (χ4n) is 3.67. The first kappa shape index (κ1) is 19.6. The Morgan fingerprint density at radius 3 is 2.66 bits per heavy atom. The predicted molar refractivity (Wildman–Crippen MR) is 109 cm³/mol. The Balaban J connectivity index is 1.45. The number of rotatable bonds is 5. The van der Waals surface area contributed by atoms with Crippen molar-refractivity contribution in [2.45, 2.75) is 36.6 Å². The summed E-state index contributed by atoms with van der Waals surface area (Å²) in [6, 6.07) is 14.8. The number of aromatic nitrogens is 1. The third kappa shape index (κ3) is 4.18. The zero-order valence-corrected chi connectivity index (χ0v) is 16.9. The third-order valence-electron chi connectivity index (χ3n) is 5.15. The van der Waals surface area contributed by atoms with Gasteiger partial charge in [-0.25, -0.2) is 13.4 Å². The standard InChI is InChI=1S/C21H23N3O4S/c1-15(23-29(26,27)17-9-3-2-4-10-17)21(25)24-13-7-8-16(14-24)20-22-18-11-5-6-12-19(18)28-20/h2-6,9-12,15-16,23H,7-8,13-14H2,1H3/t15-,16?/m0/s1. The maximum atomic E-state index is 12.9. The van der Waals surface area contributed by atoms with Crippen LogP contribution in [0, 0.1) is 0 Å². The van der Waals surface area contributed by atoms with E-state index in [9.17, 15) is 13.2 Å². The maximum absolute atomic E-state index is 12.9. The molecule has 2 heterocycles. The molecule has 0 spiro atoms. The molecule has 1 aliphatic rings. The van der Waals surface area contributed by atoms with Crippen LogP contribution in [0.25, 0.3) is 11.1 Å². The van der Waals surface area contributed by atoms with Crippen LogP contribution in [-0.2, 0) is 14.8 Å². The van der Waals surface area contributed by atoms with Crippen LogP contribution >= 0.6 is 0 Å². The number of piperidine rings is 1. The molecular formula is C21H23N3O4S. The van der Waals surface area contributed by atoms with Gasteiger partial charge in [-0.05, 0) is 44.0 Å². The number of carbonyl (C=O) groups excluding carboxylic acids is 1. The van der Waals surface area contributed by atoms with E-state index in [1.54, 1.807) is 30.0 Å². The summed E-state index contributed by atoms with van der Waals surface area (Å²) in [6.45, 7) is 2.63. The van der Waals surface area contributed by atoms with E-state index in [0.717, 1.165) is 23.9 Å². The summed E-state index contributed by atoms with van der Waals surface area (Å²) < 4.78 is 33.4. The van der Waals surface area contributed by atoms with Crippen LogP contribution in [0.4, 0.5) is 0 Å². The van der Waals surface area contributed by atoms with Crippen LogP contribution in [0.2, 0.25) is 0 Å². The summed E-state index contributed by atoms with van der Waals surface area (Å²) in [6.07, 6.45) is 1.69. The molecule has 0 bridgehead atoms. The van der Waals surface area contributed by atoms with Gasteiger partial charge in [0.15, 0.2) is 11.5 Å². The normalized spacial score (nSPS) is 18.7. The molecule has 8 heteroatoms. The van der Waals surface area contributed by atoms with Crippen molar-refractivity contribution in [1.29, 1.82) is 0 Å². The molecule has 0 saturated carbocycles. The fraction of sp³-hybridized carbons (Fsp3) is 0.333. The Hall–Kier alpha value is -2.71. The highest BCUT2D eigenvalue weighted by Crippen LogP contribution is 2.29. The molecule has 1 amide bonds. The van der Waals surface area contributed by atoms with Crippen LogP contribution in [0.5, 0.6) is 0 Å². The predicted octanol–water partition coefficient (Wildman–Crippen LogP) is 2.90. The lowest BCUT2D eigenvalue weighted by molar-refractivity contribution is -0.133. The molecule has 1 unspecified atom stereocenters. The molecule has 7 nitrogen and oxygen atoms in total. The number of sulfonamides is 1. The zero-order valence-electron chi connectivity index (χ0n) is 16.1. The molecule has 3 aromatic rings. The minimum absolute atomic E-state index is 0.00182. The van der Waals surface area contributed by atoms with Crippen molar-refractivity contribution in [3.63, 3.8) is 0 Å². The van der Waals surface area contributed by atoms with Gasteiger partial charge in [0.25, 0.3) is 0 Å². The Morgan fingerprint density at radius 2 is 1.90 bits per heavy atom. The molecule has 0 radical (unpaired) electrons. The number of benzene rings is 2. The number of fused-ring (bicyclic) bond motifs is 1. The number of hydrogen-bond donors (Lipinski definition) is 1. The number of likely N-dealkylation sites (tertiary alicyclic amines) is 1.